The molecule has 148 valence electrons. The van der Waals surface area contributed by atoms with Gasteiger partial charge in [0.05, 0.1) is 22.3 Å². The molecule has 3 heterocycles. The van der Waals surface area contributed by atoms with Crippen molar-refractivity contribution in [3.05, 3.63) is 39.5 Å². The molecule has 0 N–H and O–H groups in total. The Labute approximate surface area is 174 Å². The topological polar surface area (TPSA) is 56.1 Å². The van der Waals surface area contributed by atoms with Crippen molar-refractivity contribution < 1.29 is 4.74 Å². The van der Waals surface area contributed by atoms with Gasteiger partial charge < -0.3 is 9.64 Å². The van der Waals surface area contributed by atoms with Gasteiger partial charge in [-0.3, -0.25) is 0 Å². The van der Waals surface area contributed by atoms with Crippen LogP contribution in [-0.2, 0) is 11.2 Å². The van der Waals surface area contributed by atoms with Gasteiger partial charge in [0.1, 0.15) is 0 Å². The van der Waals surface area contributed by atoms with Crippen molar-refractivity contribution in [2.24, 2.45) is 0 Å². The van der Waals surface area contributed by atoms with Crippen LogP contribution in [0.4, 0.5) is 11.5 Å². The van der Waals surface area contributed by atoms with E-state index < -0.39 is 0 Å². The van der Waals surface area contributed by atoms with E-state index in [0.29, 0.717) is 16.7 Å². The number of hydrogen-bond acceptors (Lipinski definition) is 5. The van der Waals surface area contributed by atoms with Crippen LogP contribution in [0.2, 0.25) is 10.0 Å². The van der Waals surface area contributed by atoms with Crippen LogP contribution in [0.25, 0.3) is 11.0 Å². The fourth-order valence-electron chi connectivity index (χ4n) is 3.92. The van der Waals surface area contributed by atoms with Crippen molar-refractivity contribution in [1.29, 1.82) is 0 Å². The van der Waals surface area contributed by atoms with Gasteiger partial charge in [-0.05, 0) is 49.9 Å². The number of rotatable bonds is 6. The first-order valence-corrected chi connectivity index (χ1v) is 10.3. The minimum absolute atomic E-state index is 0.229. The second-order valence-corrected chi connectivity index (χ2v) is 7.97. The number of halogens is 2. The van der Waals surface area contributed by atoms with Crippen molar-refractivity contribution in [2.45, 2.75) is 39.2 Å². The van der Waals surface area contributed by atoms with Crippen LogP contribution in [0.15, 0.2) is 18.2 Å². The Balaban J connectivity index is 1.83. The molecule has 0 aliphatic carbocycles. The number of aromatic nitrogens is 4. The first-order valence-electron chi connectivity index (χ1n) is 9.50. The molecule has 3 aromatic rings. The Morgan fingerprint density at radius 1 is 1.25 bits per heavy atom. The SMILES string of the molecule is CCC(CCOC)n1nnc2c(N3CCc4cc(Cl)cc(Cl)c43)nc(C)cc21. The molecule has 0 saturated carbocycles. The van der Waals surface area contributed by atoms with E-state index in [-0.39, 0.29) is 6.04 Å². The molecule has 1 unspecified atom stereocenters. The zero-order valence-corrected chi connectivity index (χ0v) is 17.8. The van der Waals surface area contributed by atoms with Crippen molar-refractivity contribution in [3.8, 4) is 0 Å². The Morgan fingerprint density at radius 3 is 2.82 bits per heavy atom. The van der Waals surface area contributed by atoms with E-state index in [4.69, 9.17) is 32.9 Å². The summed E-state index contributed by atoms with van der Waals surface area (Å²) in [4.78, 5) is 6.94. The quantitative estimate of drug-likeness (QED) is 0.554. The van der Waals surface area contributed by atoms with Crippen LogP contribution in [0.3, 0.4) is 0 Å². The molecule has 1 atom stereocenters. The maximum atomic E-state index is 6.54. The summed E-state index contributed by atoms with van der Waals surface area (Å²) in [5, 5.41) is 10.3. The summed E-state index contributed by atoms with van der Waals surface area (Å²) in [6.07, 6.45) is 2.71. The van der Waals surface area contributed by atoms with Crippen molar-refractivity contribution in [2.75, 3.05) is 25.2 Å². The standard InChI is InChI=1S/C20H23Cl2N5O/c1-4-15(6-8-28-3)27-17-9-12(2)23-20(18(17)24-25-27)26-7-5-13-10-14(21)11-16(22)19(13)26/h9-11,15H,4-8H2,1-3H3. The largest absolute Gasteiger partial charge is 0.385 e. The smallest absolute Gasteiger partial charge is 0.163 e. The van der Waals surface area contributed by atoms with Crippen molar-refractivity contribution in [1.82, 2.24) is 20.0 Å². The highest BCUT2D eigenvalue weighted by molar-refractivity contribution is 6.37. The molecular weight excluding hydrogens is 397 g/mol. The molecule has 1 aromatic carbocycles. The molecule has 0 fully saturated rings. The fourth-order valence-corrected chi connectivity index (χ4v) is 4.56. The number of fused-ring (bicyclic) bond motifs is 2. The molecule has 4 rings (SSSR count). The number of ether oxygens (including phenoxy) is 1. The maximum absolute atomic E-state index is 6.54. The second kappa shape index (κ2) is 7.85. The highest BCUT2D eigenvalue weighted by atomic mass is 35.5. The van der Waals surface area contributed by atoms with Crippen LogP contribution < -0.4 is 4.90 Å². The monoisotopic (exact) mass is 419 g/mol. The van der Waals surface area contributed by atoms with Crippen LogP contribution in [0, 0.1) is 6.92 Å². The number of anilines is 2. The zero-order chi connectivity index (χ0) is 19.8. The van der Waals surface area contributed by atoms with E-state index in [2.05, 4.69) is 28.2 Å². The summed E-state index contributed by atoms with van der Waals surface area (Å²) >= 11 is 12.7. The predicted octanol–water partition coefficient (Wildman–Crippen LogP) is 5.12. The third-order valence-corrected chi connectivity index (χ3v) is 5.79. The third kappa shape index (κ3) is 3.34. The van der Waals surface area contributed by atoms with Gasteiger partial charge in [-0.25, -0.2) is 9.67 Å². The molecule has 2 aromatic heterocycles. The summed E-state index contributed by atoms with van der Waals surface area (Å²) in [5.74, 6) is 0.797. The van der Waals surface area contributed by atoms with Gasteiger partial charge in [-0.15, -0.1) is 5.10 Å². The number of pyridine rings is 1. The number of methoxy groups -OCH3 is 1. The van der Waals surface area contributed by atoms with Gasteiger partial charge in [0.25, 0.3) is 0 Å². The molecular formula is C20H23Cl2N5O. The lowest BCUT2D eigenvalue weighted by atomic mass is 10.1. The average molecular weight is 420 g/mol. The lowest BCUT2D eigenvalue weighted by Crippen LogP contribution is -2.16. The molecule has 0 bridgehead atoms. The molecule has 0 spiro atoms. The molecule has 8 heteroatoms. The van der Waals surface area contributed by atoms with Gasteiger partial charge in [0.2, 0.25) is 0 Å². The second-order valence-electron chi connectivity index (χ2n) is 7.13. The van der Waals surface area contributed by atoms with Gasteiger partial charge >= 0.3 is 0 Å². The van der Waals surface area contributed by atoms with Gasteiger partial charge in [0, 0.05) is 31.0 Å². The highest BCUT2D eigenvalue weighted by Gasteiger charge is 2.28. The molecule has 6 nitrogen and oxygen atoms in total. The minimum atomic E-state index is 0.229. The van der Waals surface area contributed by atoms with E-state index in [0.717, 1.165) is 59.6 Å². The number of aryl methyl sites for hydroxylation is 1. The summed E-state index contributed by atoms with van der Waals surface area (Å²) in [5.41, 5.74) is 4.80. The Morgan fingerprint density at radius 2 is 2.07 bits per heavy atom. The van der Waals surface area contributed by atoms with Crippen LogP contribution in [0.5, 0.6) is 0 Å². The van der Waals surface area contributed by atoms with Crippen LogP contribution >= 0.6 is 23.2 Å². The first kappa shape index (κ1) is 19.4. The molecule has 1 aliphatic heterocycles. The summed E-state index contributed by atoms with van der Waals surface area (Å²) in [6, 6.07) is 6.04. The van der Waals surface area contributed by atoms with Crippen LogP contribution in [0.1, 0.15) is 37.1 Å². The highest BCUT2D eigenvalue weighted by Crippen LogP contribution is 2.42. The lowest BCUT2D eigenvalue weighted by molar-refractivity contribution is 0.175. The first-order chi connectivity index (χ1) is 13.5. The molecule has 28 heavy (non-hydrogen) atoms. The van der Waals surface area contributed by atoms with Crippen molar-refractivity contribution >= 4 is 45.7 Å². The average Bonchev–Trinajstić information content (AvgIpc) is 3.26. The van der Waals surface area contributed by atoms with Gasteiger partial charge in [0.15, 0.2) is 11.3 Å². The van der Waals surface area contributed by atoms with E-state index in [1.54, 1.807) is 13.2 Å². The molecule has 0 amide bonds. The Bertz CT molecular complexity index is 1020. The zero-order valence-electron chi connectivity index (χ0n) is 16.2. The van der Waals surface area contributed by atoms with E-state index in [1.807, 2.05) is 17.7 Å². The van der Waals surface area contributed by atoms with Crippen molar-refractivity contribution in [3.63, 3.8) is 0 Å². The van der Waals surface area contributed by atoms with Gasteiger partial charge in [-0.2, -0.15) is 0 Å². The summed E-state index contributed by atoms with van der Waals surface area (Å²) in [6.45, 7) is 5.63. The minimum Gasteiger partial charge on any atom is -0.385 e. The molecule has 1 aliphatic rings. The number of benzene rings is 1. The Kier molecular flexibility index (Phi) is 5.45. The number of nitrogens with zero attached hydrogens (tertiary/aromatic N) is 5. The summed E-state index contributed by atoms with van der Waals surface area (Å²) < 4.78 is 7.27. The van der Waals surface area contributed by atoms with Crippen LogP contribution in [-0.4, -0.2) is 40.2 Å². The maximum Gasteiger partial charge on any atom is 0.163 e. The fraction of sp³-hybridized carbons (Fsp3) is 0.450. The molecule has 0 radical (unpaired) electrons. The number of hydrogen-bond donors (Lipinski definition) is 0. The summed E-state index contributed by atoms with van der Waals surface area (Å²) in [7, 11) is 1.72. The van der Waals surface area contributed by atoms with E-state index in [1.165, 1.54) is 0 Å². The molecule has 0 saturated heterocycles. The van der Waals surface area contributed by atoms with Gasteiger partial charge in [-0.1, -0.05) is 35.3 Å². The van der Waals surface area contributed by atoms with E-state index in [9.17, 15) is 0 Å². The predicted molar refractivity (Wildman–Crippen MR) is 113 cm³/mol. The lowest BCUT2D eigenvalue weighted by Gasteiger charge is -2.21. The Hall–Kier alpha value is -1.89. The van der Waals surface area contributed by atoms with E-state index >= 15 is 0 Å². The normalized spacial score (nSPS) is 14.7. The third-order valence-electron chi connectivity index (χ3n) is 5.28.